The van der Waals surface area contributed by atoms with E-state index in [0.29, 0.717) is 18.5 Å². The van der Waals surface area contributed by atoms with E-state index in [1.165, 1.54) is 6.07 Å². The molecule has 0 aliphatic carbocycles. The van der Waals surface area contributed by atoms with Crippen molar-refractivity contribution in [3.05, 3.63) is 34.1 Å². The summed E-state index contributed by atoms with van der Waals surface area (Å²) in [5, 5.41) is 2.58. The minimum absolute atomic E-state index is 0.330. The van der Waals surface area contributed by atoms with Crippen molar-refractivity contribution in [2.75, 3.05) is 6.54 Å². The Morgan fingerprint density at radius 1 is 1.45 bits per heavy atom. The lowest BCUT2D eigenvalue weighted by atomic mass is 10.2. The molecular formula is C15H17BrFNO2. The van der Waals surface area contributed by atoms with Crippen LogP contribution in [-0.2, 0) is 4.74 Å². The fourth-order valence-corrected chi connectivity index (χ4v) is 1.65. The van der Waals surface area contributed by atoms with Gasteiger partial charge in [0.25, 0.3) is 0 Å². The molecule has 0 unspecified atom stereocenters. The van der Waals surface area contributed by atoms with Crippen LogP contribution >= 0.6 is 15.9 Å². The van der Waals surface area contributed by atoms with E-state index in [2.05, 4.69) is 33.1 Å². The molecule has 0 saturated heterocycles. The van der Waals surface area contributed by atoms with Crippen molar-refractivity contribution in [1.29, 1.82) is 0 Å². The number of amides is 1. The van der Waals surface area contributed by atoms with Gasteiger partial charge in [-0.1, -0.05) is 27.8 Å². The van der Waals surface area contributed by atoms with Crippen LogP contribution in [0.3, 0.4) is 0 Å². The average molecular weight is 342 g/mol. The molecule has 3 nitrogen and oxygen atoms in total. The van der Waals surface area contributed by atoms with Crippen molar-refractivity contribution >= 4 is 22.0 Å². The molecule has 1 aromatic rings. The van der Waals surface area contributed by atoms with E-state index >= 15 is 0 Å². The van der Waals surface area contributed by atoms with Crippen molar-refractivity contribution in [3.8, 4) is 11.8 Å². The summed E-state index contributed by atoms with van der Waals surface area (Å²) in [6.45, 7) is 5.74. The third kappa shape index (κ3) is 6.58. The molecule has 20 heavy (non-hydrogen) atoms. The van der Waals surface area contributed by atoms with Gasteiger partial charge in [0.1, 0.15) is 11.4 Å². The van der Waals surface area contributed by atoms with Crippen LogP contribution in [0.2, 0.25) is 0 Å². The number of rotatable bonds is 2. The Labute approximate surface area is 127 Å². The lowest BCUT2D eigenvalue weighted by molar-refractivity contribution is 0.0529. The third-order valence-electron chi connectivity index (χ3n) is 2.07. The second-order valence-electron chi connectivity index (χ2n) is 5.10. The average Bonchev–Trinajstić information content (AvgIpc) is 2.30. The van der Waals surface area contributed by atoms with Gasteiger partial charge in [0.15, 0.2) is 0 Å². The molecule has 0 saturated carbocycles. The highest BCUT2D eigenvalue weighted by Crippen LogP contribution is 2.14. The number of ether oxygens (including phenoxy) is 1. The van der Waals surface area contributed by atoms with Crippen LogP contribution in [0.4, 0.5) is 9.18 Å². The molecule has 0 aliphatic rings. The zero-order chi connectivity index (χ0) is 15.2. The van der Waals surface area contributed by atoms with Crippen molar-refractivity contribution in [2.24, 2.45) is 0 Å². The van der Waals surface area contributed by atoms with E-state index in [0.717, 1.165) is 4.47 Å². The molecule has 0 bridgehead atoms. The number of carbonyl (C=O) groups excluding carboxylic acids is 1. The maximum Gasteiger partial charge on any atom is 0.407 e. The number of benzene rings is 1. The second-order valence-corrected chi connectivity index (χ2v) is 6.02. The van der Waals surface area contributed by atoms with Crippen molar-refractivity contribution < 1.29 is 13.9 Å². The van der Waals surface area contributed by atoms with E-state index < -0.39 is 11.7 Å². The third-order valence-corrected chi connectivity index (χ3v) is 2.56. The normalized spacial score (nSPS) is 10.4. The van der Waals surface area contributed by atoms with E-state index in [1.54, 1.807) is 32.9 Å². The maximum atomic E-state index is 13.4. The molecule has 1 rings (SSSR count). The number of halogens is 2. The molecular weight excluding hydrogens is 325 g/mol. The highest BCUT2D eigenvalue weighted by molar-refractivity contribution is 9.10. The van der Waals surface area contributed by atoms with E-state index in [1.807, 2.05) is 0 Å². The largest absolute Gasteiger partial charge is 0.444 e. The zero-order valence-electron chi connectivity index (χ0n) is 11.7. The Morgan fingerprint density at radius 2 is 2.15 bits per heavy atom. The first kappa shape index (κ1) is 16.5. The summed E-state index contributed by atoms with van der Waals surface area (Å²) in [6, 6.07) is 4.58. The smallest absolute Gasteiger partial charge is 0.407 e. The van der Waals surface area contributed by atoms with Crippen LogP contribution in [0.25, 0.3) is 0 Å². The summed E-state index contributed by atoms with van der Waals surface area (Å²) in [5.41, 5.74) is -0.188. The Bertz CT molecular complexity index is 541. The first-order valence-electron chi connectivity index (χ1n) is 6.19. The Kier molecular flexibility index (Phi) is 6.03. The highest BCUT2D eigenvalue weighted by atomic mass is 79.9. The summed E-state index contributed by atoms with van der Waals surface area (Å²) >= 11 is 3.26. The molecule has 0 fully saturated rings. The number of hydrogen-bond acceptors (Lipinski definition) is 2. The lowest BCUT2D eigenvalue weighted by Crippen LogP contribution is -2.32. The van der Waals surface area contributed by atoms with Gasteiger partial charge in [-0.15, -0.1) is 0 Å². The molecule has 0 heterocycles. The zero-order valence-corrected chi connectivity index (χ0v) is 13.3. The predicted octanol–water partition coefficient (Wildman–Crippen LogP) is 3.85. The summed E-state index contributed by atoms with van der Waals surface area (Å²) in [4.78, 5) is 11.3. The second kappa shape index (κ2) is 7.30. The van der Waals surface area contributed by atoms with Crippen LogP contribution in [0, 0.1) is 17.7 Å². The van der Waals surface area contributed by atoms with Gasteiger partial charge in [-0.2, -0.15) is 0 Å². The van der Waals surface area contributed by atoms with Gasteiger partial charge in [-0.25, -0.2) is 9.18 Å². The standard InChI is InChI=1S/C15H17BrFNO2/c1-15(2,3)20-14(19)18-9-5-4-6-11-10-12(16)7-8-13(11)17/h7-8,10H,5,9H2,1-3H3,(H,18,19). The van der Waals surface area contributed by atoms with Crippen molar-refractivity contribution in [3.63, 3.8) is 0 Å². The first-order valence-corrected chi connectivity index (χ1v) is 6.98. The van der Waals surface area contributed by atoms with Gasteiger partial charge >= 0.3 is 6.09 Å². The molecule has 0 aliphatic heterocycles. The SMILES string of the molecule is CC(C)(C)OC(=O)NCCC#Cc1cc(Br)ccc1F. The van der Waals surface area contributed by atoms with Gasteiger partial charge in [-0.05, 0) is 39.0 Å². The van der Waals surface area contributed by atoms with Crippen LogP contribution in [0.5, 0.6) is 0 Å². The summed E-state index contributed by atoms with van der Waals surface area (Å²) < 4.78 is 19.2. The lowest BCUT2D eigenvalue weighted by Gasteiger charge is -2.19. The van der Waals surface area contributed by atoms with Crippen LogP contribution in [-0.4, -0.2) is 18.2 Å². The number of carbonyl (C=O) groups is 1. The Morgan fingerprint density at radius 3 is 2.80 bits per heavy atom. The molecule has 0 aromatic heterocycles. The predicted molar refractivity (Wildman–Crippen MR) is 79.8 cm³/mol. The van der Waals surface area contributed by atoms with Crippen molar-refractivity contribution in [1.82, 2.24) is 5.32 Å². The topological polar surface area (TPSA) is 38.3 Å². The molecule has 1 N–H and O–H groups in total. The first-order chi connectivity index (χ1) is 9.28. The number of nitrogens with one attached hydrogen (secondary N) is 1. The van der Waals surface area contributed by atoms with Crippen molar-refractivity contribution in [2.45, 2.75) is 32.8 Å². The van der Waals surface area contributed by atoms with E-state index in [-0.39, 0.29) is 5.82 Å². The quantitative estimate of drug-likeness (QED) is 0.655. The number of hydrogen-bond donors (Lipinski definition) is 1. The van der Waals surface area contributed by atoms with Gasteiger partial charge in [0, 0.05) is 17.4 Å². The molecule has 1 aromatic carbocycles. The fourth-order valence-electron chi connectivity index (χ4n) is 1.29. The molecule has 0 spiro atoms. The summed E-state index contributed by atoms with van der Waals surface area (Å²) in [5.74, 6) is 5.18. The Balaban J connectivity index is 2.40. The van der Waals surface area contributed by atoms with E-state index in [9.17, 15) is 9.18 Å². The summed E-state index contributed by atoms with van der Waals surface area (Å²) in [6.07, 6.45) is -0.0569. The van der Waals surface area contributed by atoms with Crippen LogP contribution in [0.1, 0.15) is 32.8 Å². The number of alkyl carbamates (subject to hydrolysis) is 1. The van der Waals surface area contributed by atoms with Gasteiger partial charge in [0.2, 0.25) is 0 Å². The van der Waals surface area contributed by atoms with Gasteiger partial charge < -0.3 is 10.1 Å². The molecule has 0 atom stereocenters. The summed E-state index contributed by atoms with van der Waals surface area (Å²) in [7, 11) is 0. The van der Waals surface area contributed by atoms with Crippen LogP contribution < -0.4 is 5.32 Å². The monoisotopic (exact) mass is 341 g/mol. The minimum Gasteiger partial charge on any atom is -0.444 e. The van der Waals surface area contributed by atoms with E-state index in [4.69, 9.17) is 4.74 Å². The highest BCUT2D eigenvalue weighted by Gasteiger charge is 2.15. The minimum atomic E-state index is -0.519. The fraction of sp³-hybridized carbons (Fsp3) is 0.400. The molecule has 108 valence electrons. The Hall–Kier alpha value is -1.54. The van der Waals surface area contributed by atoms with Crippen LogP contribution in [0.15, 0.2) is 22.7 Å². The molecule has 0 radical (unpaired) electrons. The molecule has 1 amide bonds. The maximum absolute atomic E-state index is 13.4. The molecule has 5 heteroatoms. The van der Waals surface area contributed by atoms with Gasteiger partial charge in [-0.3, -0.25) is 0 Å². The van der Waals surface area contributed by atoms with Gasteiger partial charge in [0.05, 0.1) is 5.56 Å².